The first kappa shape index (κ1) is 21.9. The second-order valence-corrected chi connectivity index (χ2v) is 10.9. The number of rotatable bonds is 4. The molecule has 1 aromatic carbocycles. The summed E-state index contributed by atoms with van der Waals surface area (Å²) in [6.07, 6.45) is 7.37. The van der Waals surface area contributed by atoms with Crippen LogP contribution in [-0.2, 0) is 19.6 Å². The summed E-state index contributed by atoms with van der Waals surface area (Å²) in [5.74, 6) is 0.393. The number of carbonyl (C=O) groups is 1. The Morgan fingerprint density at radius 3 is 2.62 bits per heavy atom. The number of amides is 1. The Kier molecular flexibility index (Phi) is 5.98. The molecule has 1 atom stereocenters. The molecule has 1 saturated carbocycles. The molecule has 0 unspecified atom stereocenters. The topological polar surface area (TPSA) is 91.3 Å². The van der Waals surface area contributed by atoms with Gasteiger partial charge in [-0.05, 0) is 37.8 Å². The van der Waals surface area contributed by atoms with Crippen molar-refractivity contribution < 1.29 is 17.9 Å². The lowest BCUT2D eigenvalue weighted by Gasteiger charge is -2.48. The molecule has 4 aliphatic rings. The number of benzene rings is 1. The van der Waals surface area contributed by atoms with Gasteiger partial charge in [0, 0.05) is 37.3 Å². The highest BCUT2D eigenvalue weighted by molar-refractivity contribution is 7.90. The largest absolute Gasteiger partial charge is 0.379 e. The van der Waals surface area contributed by atoms with Crippen LogP contribution >= 0.6 is 0 Å². The first-order valence-electron chi connectivity index (χ1n) is 11.8. The third-order valence-corrected chi connectivity index (χ3v) is 8.82. The molecule has 1 aromatic rings. The van der Waals surface area contributed by atoms with Crippen molar-refractivity contribution in [2.75, 3.05) is 39.4 Å². The summed E-state index contributed by atoms with van der Waals surface area (Å²) < 4.78 is 34.6. The van der Waals surface area contributed by atoms with Crippen LogP contribution in [0.15, 0.2) is 33.6 Å². The van der Waals surface area contributed by atoms with Crippen LogP contribution in [0.25, 0.3) is 0 Å². The van der Waals surface area contributed by atoms with Crippen LogP contribution in [-0.4, -0.2) is 80.9 Å². The Hall–Kier alpha value is -1.97. The van der Waals surface area contributed by atoms with Crippen molar-refractivity contribution in [1.82, 2.24) is 15.1 Å². The van der Waals surface area contributed by atoms with Crippen LogP contribution in [0.2, 0.25) is 0 Å². The minimum atomic E-state index is -3.70. The van der Waals surface area contributed by atoms with Crippen molar-refractivity contribution in [3.05, 3.63) is 29.8 Å². The predicted molar refractivity (Wildman–Crippen MR) is 121 cm³/mol. The second kappa shape index (κ2) is 8.76. The maximum atomic E-state index is 13.4. The van der Waals surface area contributed by atoms with Crippen molar-refractivity contribution in [3.63, 3.8) is 0 Å². The van der Waals surface area contributed by atoms with Gasteiger partial charge in [0.25, 0.3) is 10.0 Å². The molecule has 3 fully saturated rings. The number of carbonyl (C=O) groups excluding carboxylic acids is 1. The minimum Gasteiger partial charge on any atom is -0.379 e. The summed E-state index contributed by atoms with van der Waals surface area (Å²) in [4.78, 5) is 18.0. The average Bonchev–Trinajstić information content (AvgIpc) is 3.41. The van der Waals surface area contributed by atoms with Gasteiger partial charge in [0.05, 0.1) is 13.2 Å². The molecule has 2 saturated heterocycles. The molecule has 0 aromatic heterocycles. The Bertz CT molecular complexity index is 997. The Balaban J connectivity index is 1.32. The average molecular weight is 461 g/mol. The maximum absolute atomic E-state index is 13.4. The molecule has 3 aliphatic heterocycles. The molecule has 1 amide bonds. The van der Waals surface area contributed by atoms with Gasteiger partial charge in [-0.2, -0.15) is 8.42 Å². The molecule has 5 rings (SSSR count). The highest BCUT2D eigenvalue weighted by Crippen LogP contribution is 2.35. The number of amidine groups is 1. The number of fused-ring (bicyclic) bond motifs is 1. The zero-order chi connectivity index (χ0) is 22.2. The van der Waals surface area contributed by atoms with Crippen molar-refractivity contribution in [1.29, 1.82) is 0 Å². The fourth-order valence-electron chi connectivity index (χ4n) is 5.81. The Morgan fingerprint density at radius 2 is 1.84 bits per heavy atom. The maximum Gasteiger partial charge on any atom is 0.285 e. The lowest BCUT2D eigenvalue weighted by Crippen LogP contribution is -2.60. The quantitative estimate of drug-likeness (QED) is 0.736. The van der Waals surface area contributed by atoms with Crippen LogP contribution < -0.4 is 5.32 Å². The molecule has 0 bridgehead atoms. The molecule has 0 radical (unpaired) electrons. The lowest BCUT2D eigenvalue weighted by atomic mass is 9.79. The summed E-state index contributed by atoms with van der Waals surface area (Å²) in [5.41, 5.74) is 0.603. The van der Waals surface area contributed by atoms with Gasteiger partial charge in [-0.3, -0.25) is 9.69 Å². The fourth-order valence-corrected chi connectivity index (χ4v) is 7.03. The van der Waals surface area contributed by atoms with E-state index in [1.54, 1.807) is 18.2 Å². The van der Waals surface area contributed by atoms with E-state index in [0.717, 1.165) is 45.6 Å². The number of likely N-dealkylation sites (tertiary alicyclic amines) is 1. The number of nitrogens with zero attached hydrogens (tertiary/aromatic N) is 3. The summed E-state index contributed by atoms with van der Waals surface area (Å²) in [5, 5.41) is 3.26. The van der Waals surface area contributed by atoms with Crippen LogP contribution in [0.5, 0.6) is 0 Å². The highest BCUT2D eigenvalue weighted by atomic mass is 32.2. The van der Waals surface area contributed by atoms with Crippen LogP contribution in [0, 0.1) is 0 Å². The van der Waals surface area contributed by atoms with Gasteiger partial charge in [-0.1, -0.05) is 31.4 Å². The van der Waals surface area contributed by atoms with Gasteiger partial charge in [0.15, 0.2) is 5.84 Å². The SMILES string of the molecule is O=C(NCC1(N2CCOCC2)CCCCC1)[C@@H]1CCCN1C1=NS(=O)(=O)c2ccccc21. The second-order valence-electron chi connectivity index (χ2n) is 9.34. The molecule has 8 nitrogen and oxygen atoms in total. The van der Waals surface area contributed by atoms with Gasteiger partial charge in [-0.25, -0.2) is 0 Å². The summed E-state index contributed by atoms with van der Waals surface area (Å²) >= 11 is 0. The zero-order valence-corrected chi connectivity index (χ0v) is 19.3. The fraction of sp³-hybridized carbons (Fsp3) is 0.652. The molecule has 0 spiro atoms. The molecular weight excluding hydrogens is 428 g/mol. The number of hydrogen-bond acceptors (Lipinski definition) is 6. The third-order valence-electron chi connectivity index (χ3n) is 7.50. The normalized spacial score (nSPS) is 27.1. The number of morpholine rings is 1. The number of hydrogen-bond donors (Lipinski definition) is 1. The molecule has 1 aliphatic carbocycles. The van der Waals surface area contributed by atoms with E-state index in [1.165, 1.54) is 19.3 Å². The monoisotopic (exact) mass is 460 g/mol. The van der Waals surface area contributed by atoms with Crippen LogP contribution in [0.3, 0.4) is 0 Å². The van der Waals surface area contributed by atoms with E-state index in [2.05, 4.69) is 14.6 Å². The van der Waals surface area contributed by atoms with E-state index in [-0.39, 0.29) is 22.4 Å². The van der Waals surface area contributed by atoms with E-state index in [1.807, 2.05) is 11.0 Å². The molecule has 32 heavy (non-hydrogen) atoms. The summed E-state index contributed by atoms with van der Waals surface area (Å²) in [7, 11) is -3.70. The summed E-state index contributed by atoms with van der Waals surface area (Å²) in [6.45, 7) is 4.60. The van der Waals surface area contributed by atoms with Gasteiger partial charge in [0.2, 0.25) is 5.91 Å². The molecule has 3 heterocycles. The van der Waals surface area contributed by atoms with Crippen LogP contribution in [0.4, 0.5) is 0 Å². The van der Waals surface area contributed by atoms with E-state index in [9.17, 15) is 13.2 Å². The molecular formula is C23H32N4O4S. The lowest BCUT2D eigenvalue weighted by molar-refractivity contribution is -0.125. The number of ether oxygens (including phenoxy) is 1. The van der Waals surface area contributed by atoms with E-state index in [4.69, 9.17) is 4.74 Å². The van der Waals surface area contributed by atoms with Crippen molar-refractivity contribution in [2.24, 2.45) is 4.40 Å². The van der Waals surface area contributed by atoms with E-state index >= 15 is 0 Å². The van der Waals surface area contributed by atoms with E-state index < -0.39 is 10.0 Å². The smallest absolute Gasteiger partial charge is 0.285 e. The Morgan fingerprint density at radius 1 is 1.09 bits per heavy atom. The minimum absolute atomic E-state index is 0.00192. The number of nitrogens with one attached hydrogen (secondary N) is 1. The molecule has 9 heteroatoms. The predicted octanol–water partition coefficient (Wildman–Crippen LogP) is 1.75. The summed E-state index contributed by atoms with van der Waals surface area (Å²) in [6, 6.07) is 6.50. The van der Waals surface area contributed by atoms with Crippen molar-refractivity contribution in [2.45, 2.75) is 61.4 Å². The van der Waals surface area contributed by atoms with Crippen molar-refractivity contribution in [3.8, 4) is 0 Å². The van der Waals surface area contributed by atoms with Gasteiger partial charge >= 0.3 is 0 Å². The van der Waals surface area contributed by atoms with Gasteiger partial charge in [-0.15, -0.1) is 4.40 Å². The Labute approximate surface area is 190 Å². The van der Waals surface area contributed by atoms with Gasteiger partial charge < -0.3 is 15.0 Å². The standard InChI is InChI=1S/C23H32N4O4S/c28-22(24-17-23(10-4-1-5-11-23)26-13-15-31-16-14-26)19-8-6-12-27(19)21-18-7-2-3-9-20(18)32(29,30)25-21/h2-3,7,9,19H,1,4-6,8,10-17H2,(H,24,28)/t19-/m0/s1. The van der Waals surface area contributed by atoms with Crippen LogP contribution in [0.1, 0.15) is 50.5 Å². The highest BCUT2D eigenvalue weighted by Gasteiger charge is 2.42. The van der Waals surface area contributed by atoms with Gasteiger partial charge in [0.1, 0.15) is 10.9 Å². The van der Waals surface area contributed by atoms with E-state index in [0.29, 0.717) is 30.9 Å². The van der Waals surface area contributed by atoms with Crippen molar-refractivity contribution >= 4 is 21.8 Å². The third kappa shape index (κ3) is 3.95. The first-order valence-corrected chi connectivity index (χ1v) is 13.3. The molecule has 174 valence electrons. The molecule has 1 N–H and O–H groups in total. The first-order chi connectivity index (χ1) is 15.5. The zero-order valence-electron chi connectivity index (χ0n) is 18.5. The number of sulfonamides is 1.